The van der Waals surface area contributed by atoms with Crippen molar-refractivity contribution in [2.75, 3.05) is 0 Å². The van der Waals surface area contributed by atoms with Gasteiger partial charge in [0.15, 0.2) is 6.61 Å². The molecular formula is C24H26Cl2N4O5. The molecule has 1 amide bonds. The summed E-state index contributed by atoms with van der Waals surface area (Å²) >= 11 is 12.1. The maximum atomic E-state index is 13.0. The zero-order valence-corrected chi connectivity index (χ0v) is 20.9. The first-order valence-corrected chi connectivity index (χ1v) is 11.6. The van der Waals surface area contributed by atoms with Gasteiger partial charge in [-0.25, -0.2) is 4.98 Å². The molecule has 0 spiro atoms. The fraction of sp³-hybridized carbons (Fsp3) is 0.333. The van der Waals surface area contributed by atoms with Crippen molar-refractivity contribution in [2.24, 2.45) is 5.73 Å². The van der Waals surface area contributed by atoms with Crippen LogP contribution >= 0.6 is 23.2 Å². The van der Waals surface area contributed by atoms with E-state index in [4.69, 9.17) is 38.1 Å². The van der Waals surface area contributed by atoms with Gasteiger partial charge in [-0.15, -0.1) is 0 Å². The summed E-state index contributed by atoms with van der Waals surface area (Å²) in [5, 5.41) is 3.46. The lowest BCUT2D eigenvalue weighted by Gasteiger charge is -2.12. The van der Waals surface area contributed by atoms with E-state index in [0.717, 1.165) is 16.7 Å². The lowest BCUT2D eigenvalue weighted by molar-refractivity contribution is -0.142. The molecule has 2 aromatic heterocycles. The Bertz CT molecular complexity index is 1290. The minimum absolute atomic E-state index is 0.0682. The topological polar surface area (TPSA) is 129 Å². The number of oxazole rings is 1. The van der Waals surface area contributed by atoms with Gasteiger partial charge in [0.25, 0.3) is 5.56 Å². The van der Waals surface area contributed by atoms with E-state index in [0.29, 0.717) is 29.2 Å². The first-order valence-electron chi connectivity index (χ1n) is 10.9. The van der Waals surface area contributed by atoms with Gasteiger partial charge in [0.2, 0.25) is 17.0 Å². The van der Waals surface area contributed by atoms with E-state index in [1.54, 1.807) is 31.3 Å². The molecule has 3 aromatic rings. The van der Waals surface area contributed by atoms with Crippen LogP contribution in [0.1, 0.15) is 40.8 Å². The van der Waals surface area contributed by atoms with Gasteiger partial charge in [0.05, 0.1) is 6.42 Å². The van der Waals surface area contributed by atoms with Crippen molar-refractivity contribution in [1.29, 1.82) is 0 Å². The molecule has 2 heterocycles. The summed E-state index contributed by atoms with van der Waals surface area (Å²) in [6, 6.07) is 7.11. The van der Waals surface area contributed by atoms with Crippen molar-refractivity contribution in [1.82, 2.24) is 14.9 Å². The second kappa shape index (κ2) is 12.0. The number of esters is 1. The van der Waals surface area contributed by atoms with Crippen LogP contribution in [0.15, 0.2) is 39.7 Å². The maximum Gasteiger partial charge on any atom is 0.303 e. The second-order valence-corrected chi connectivity index (χ2v) is 8.68. The first kappa shape index (κ1) is 26.5. The zero-order valence-electron chi connectivity index (χ0n) is 19.4. The van der Waals surface area contributed by atoms with Gasteiger partial charge in [0.1, 0.15) is 5.69 Å². The molecule has 0 aliphatic heterocycles. The molecule has 0 saturated heterocycles. The highest BCUT2D eigenvalue weighted by Crippen LogP contribution is 2.19. The Labute approximate surface area is 212 Å². The summed E-state index contributed by atoms with van der Waals surface area (Å²) in [6.45, 7) is 3.80. The quantitative estimate of drug-likeness (QED) is 0.392. The molecule has 186 valence electrons. The number of rotatable bonds is 10. The summed E-state index contributed by atoms with van der Waals surface area (Å²) in [5.41, 5.74) is 8.76. The molecule has 0 fully saturated rings. The molecular weight excluding hydrogens is 495 g/mol. The van der Waals surface area contributed by atoms with Crippen LogP contribution in [0.4, 0.5) is 0 Å². The van der Waals surface area contributed by atoms with Gasteiger partial charge < -0.3 is 24.8 Å². The number of halogens is 2. The van der Waals surface area contributed by atoms with Crippen LogP contribution in [-0.2, 0) is 53.4 Å². The van der Waals surface area contributed by atoms with Crippen molar-refractivity contribution in [3.8, 4) is 0 Å². The van der Waals surface area contributed by atoms with Gasteiger partial charge in [-0.05, 0) is 53.4 Å². The average Bonchev–Trinajstić information content (AvgIpc) is 3.18. The molecule has 3 rings (SSSR count). The predicted molar refractivity (Wildman–Crippen MR) is 131 cm³/mol. The summed E-state index contributed by atoms with van der Waals surface area (Å²) in [4.78, 5) is 40.8. The Morgan fingerprint density at radius 1 is 1.23 bits per heavy atom. The largest absolute Gasteiger partial charge is 0.456 e. The Hall–Kier alpha value is -3.14. The summed E-state index contributed by atoms with van der Waals surface area (Å²) < 4.78 is 11.6. The number of hydrogen-bond donors (Lipinski definition) is 2. The minimum atomic E-state index is -0.462. The fourth-order valence-corrected chi connectivity index (χ4v) is 3.88. The van der Waals surface area contributed by atoms with E-state index >= 15 is 0 Å². The molecule has 0 unspecified atom stereocenters. The van der Waals surface area contributed by atoms with Crippen molar-refractivity contribution >= 4 is 35.1 Å². The van der Waals surface area contributed by atoms with Crippen molar-refractivity contribution in [3.05, 3.63) is 84.9 Å². The third kappa shape index (κ3) is 7.17. The van der Waals surface area contributed by atoms with Crippen LogP contribution in [0.25, 0.3) is 0 Å². The number of hydrogen-bond acceptors (Lipinski definition) is 7. The number of carbonyl (C=O) groups excluding carboxylic acids is 2. The van der Waals surface area contributed by atoms with Crippen LogP contribution in [0.2, 0.25) is 10.2 Å². The predicted octanol–water partition coefficient (Wildman–Crippen LogP) is 3.07. The summed E-state index contributed by atoms with van der Waals surface area (Å²) in [6.07, 6.45) is 1.90. The second-order valence-electron chi connectivity index (χ2n) is 7.90. The highest BCUT2D eigenvalue weighted by Gasteiger charge is 2.16. The Balaban J connectivity index is 1.66. The van der Waals surface area contributed by atoms with E-state index in [-0.39, 0.29) is 48.7 Å². The molecule has 11 heteroatoms. The van der Waals surface area contributed by atoms with Crippen LogP contribution in [0.5, 0.6) is 0 Å². The fourth-order valence-electron chi connectivity index (χ4n) is 3.46. The van der Waals surface area contributed by atoms with Crippen LogP contribution < -0.4 is 16.6 Å². The maximum absolute atomic E-state index is 13.0. The number of carbonyl (C=O) groups is 2. The molecule has 0 bridgehead atoms. The van der Waals surface area contributed by atoms with Gasteiger partial charge in [0, 0.05) is 49.8 Å². The van der Waals surface area contributed by atoms with Gasteiger partial charge in [-0.2, -0.15) is 0 Å². The number of nitrogens with one attached hydrogen (secondary N) is 1. The van der Waals surface area contributed by atoms with E-state index < -0.39 is 5.97 Å². The third-order valence-electron chi connectivity index (χ3n) is 5.38. The van der Waals surface area contributed by atoms with Crippen LogP contribution in [0.3, 0.4) is 0 Å². The lowest BCUT2D eigenvalue weighted by Crippen LogP contribution is -2.31. The van der Waals surface area contributed by atoms with Gasteiger partial charge in [-0.1, -0.05) is 17.7 Å². The minimum Gasteiger partial charge on any atom is -0.456 e. The molecule has 0 saturated carbocycles. The normalized spacial score (nSPS) is 10.9. The molecule has 0 radical (unpaired) electrons. The van der Waals surface area contributed by atoms with E-state index in [2.05, 4.69) is 10.3 Å². The van der Waals surface area contributed by atoms with Crippen molar-refractivity contribution < 1.29 is 18.7 Å². The third-order valence-corrected chi connectivity index (χ3v) is 5.91. The highest BCUT2D eigenvalue weighted by atomic mass is 35.5. The number of amides is 1. The molecule has 0 aliphatic rings. The SMILES string of the molecule is CC(=O)OCc1nc(CCn2ccc(C)c(CC(=O)NCc3cc(Cl)ccc3CN)c2=O)c(Cl)o1. The smallest absolute Gasteiger partial charge is 0.303 e. The van der Waals surface area contributed by atoms with E-state index in [1.165, 1.54) is 11.5 Å². The summed E-state index contributed by atoms with van der Waals surface area (Å²) in [7, 11) is 0. The molecule has 35 heavy (non-hydrogen) atoms. The zero-order chi connectivity index (χ0) is 25.5. The monoisotopic (exact) mass is 520 g/mol. The van der Waals surface area contributed by atoms with Crippen molar-refractivity contribution in [2.45, 2.75) is 52.9 Å². The average molecular weight is 521 g/mol. The standard InChI is InChI=1S/C24H26Cl2N4O5/c1-14-5-7-30(8-6-20-23(26)35-22(29-20)13-34-15(2)31)24(33)19(14)10-21(32)28-12-17-9-18(25)4-3-16(17)11-27/h3-5,7,9H,6,8,10-13,27H2,1-2H3,(H,28,32). The number of pyridine rings is 1. The number of aryl methyl sites for hydroxylation is 3. The Kier molecular flexibility index (Phi) is 9.08. The number of benzene rings is 1. The molecule has 9 nitrogen and oxygen atoms in total. The number of aromatic nitrogens is 2. The molecule has 0 atom stereocenters. The number of nitrogens with two attached hydrogens (primary N) is 1. The van der Waals surface area contributed by atoms with Gasteiger partial charge >= 0.3 is 5.97 Å². The highest BCUT2D eigenvalue weighted by molar-refractivity contribution is 6.30. The van der Waals surface area contributed by atoms with Crippen molar-refractivity contribution in [3.63, 3.8) is 0 Å². The first-order chi connectivity index (χ1) is 16.7. The molecule has 1 aromatic carbocycles. The van der Waals surface area contributed by atoms with Crippen LogP contribution in [-0.4, -0.2) is 21.4 Å². The Morgan fingerprint density at radius 2 is 2.00 bits per heavy atom. The van der Waals surface area contributed by atoms with Crippen LogP contribution in [0, 0.1) is 6.92 Å². The van der Waals surface area contributed by atoms with Gasteiger partial charge in [-0.3, -0.25) is 14.4 Å². The number of ether oxygens (including phenoxy) is 1. The Morgan fingerprint density at radius 3 is 2.71 bits per heavy atom. The van der Waals surface area contributed by atoms with E-state index in [1.807, 2.05) is 6.07 Å². The van der Waals surface area contributed by atoms with E-state index in [9.17, 15) is 14.4 Å². The number of nitrogens with zero attached hydrogens (tertiary/aromatic N) is 2. The molecule has 3 N–H and O–H groups in total. The molecule has 0 aliphatic carbocycles. The summed E-state index contributed by atoms with van der Waals surface area (Å²) in [5.74, 6) is -0.581. The lowest BCUT2D eigenvalue weighted by atomic mass is 10.1.